The molecule has 1 atom stereocenters. The molecule has 0 spiro atoms. The van der Waals surface area contributed by atoms with E-state index in [-0.39, 0.29) is 23.5 Å². The van der Waals surface area contributed by atoms with Gasteiger partial charge in [0, 0.05) is 12.1 Å². The lowest BCUT2D eigenvalue weighted by atomic mass is 10.2. The third kappa shape index (κ3) is 4.01. The second-order valence-electron chi connectivity index (χ2n) is 6.51. The van der Waals surface area contributed by atoms with Gasteiger partial charge in [-0.1, -0.05) is 12.1 Å². The molecule has 1 heterocycles. The zero-order valence-electron chi connectivity index (χ0n) is 15.7. The van der Waals surface area contributed by atoms with E-state index in [1.54, 1.807) is 42.5 Å². The molecule has 2 amide bonds. The van der Waals surface area contributed by atoms with Crippen molar-refractivity contribution in [2.45, 2.75) is 30.4 Å². The Bertz CT molecular complexity index is 986. The fourth-order valence-electron chi connectivity index (χ4n) is 3.06. The van der Waals surface area contributed by atoms with Crippen LogP contribution < -0.4 is 15.0 Å². The average Bonchev–Trinajstić information content (AvgIpc) is 2.73. The number of fused-ring (bicyclic) bond motifs is 1. The van der Waals surface area contributed by atoms with Gasteiger partial charge in [-0.3, -0.25) is 9.59 Å². The van der Waals surface area contributed by atoms with E-state index in [0.717, 1.165) is 0 Å². The molecule has 1 N–H and O–H groups in total. The first-order valence-corrected chi connectivity index (χ1v) is 10.5. The normalized spacial score (nSPS) is 18.1. The van der Waals surface area contributed by atoms with Gasteiger partial charge in [0.25, 0.3) is 0 Å². The minimum absolute atomic E-state index is 0.0715. The van der Waals surface area contributed by atoms with Crippen molar-refractivity contribution in [3.63, 3.8) is 0 Å². The lowest BCUT2D eigenvalue weighted by Gasteiger charge is -2.21. The topological polar surface area (TPSA) is 92.8 Å². The number of amides is 2. The van der Waals surface area contributed by atoms with Crippen molar-refractivity contribution in [1.82, 2.24) is 0 Å². The van der Waals surface area contributed by atoms with Gasteiger partial charge in [-0.25, -0.2) is 8.42 Å². The first kappa shape index (κ1) is 19.9. The summed E-state index contributed by atoms with van der Waals surface area (Å²) in [4.78, 5) is 26.5. The largest absolute Gasteiger partial charge is 0.494 e. The maximum atomic E-state index is 12.7. The minimum Gasteiger partial charge on any atom is -0.494 e. The molecule has 0 aliphatic carbocycles. The summed E-state index contributed by atoms with van der Waals surface area (Å²) in [7, 11) is -3.64. The molecule has 0 saturated carbocycles. The van der Waals surface area contributed by atoms with E-state index in [1.165, 1.54) is 17.9 Å². The number of hydrogen-bond donors (Lipinski definition) is 1. The monoisotopic (exact) mass is 402 g/mol. The Morgan fingerprint density at radius 2 is 1.86 bits per heavy atom. The van der Waals surface area contributed by atoms with Crippen molar-refractivity contribution in [2.24, 2.45) is 0 Å². The molecule has 0 aromatic heterocycles. The summed E-state index contributed by atoms with van der Waals surface area (Å²) in [5.41, 5.74) is 0.795. The number of nitrogens with zero attached hydrogens (tertiary/aromatic N) is 1. The fraction of sp³-hybridized carbons (Fsp3) is 0.300. The van der Waals surface area contributed by atoms with Crippen LogP contribution in [0, 0.1) is 0 Å². The highest BCUT2D eigenvalue weighted by atomic mass is 32.2. The number of nitrogens with one attached hydrogen (secondary N) is 1. The van der Waals surface area contributed by atoms with Crippen molar-refractivity contribution in [2.75, 3.05) is 23.4 Å². The number of ether oxygens (including phenoxy) is 1. The molecule has 1 aliphatic heterocycles. The molecule has 28 heavy (non-hydrogen) atoms. The molecule has 3 rings (SSSR count). The Kier molecular flexibility index (Phi) is 5.69. The highest BCUT2D eigenvalue weighted by molar-refractivity contribution is 7.92. The van der Waals surface area contributed by atoms with E-state index in [2.05, 4.69) is 5.32 Å². The van der Waals surface area contributed by atoms with Gasteiger partial charge >= 0.3 is 0 Å². The van der Waals surface area contributed by atoms with Crippen molar-refractivity contribution >= 4 is 33.0 Å². The number of carbonyl (C=O) groups is 2. The van der Waals surface area contributed by atoms with Crippen molar-refractivity contribution in [1.29, 1.82) is 0 Å². The molecule has 148 valence electrons. The fourth-order valence-corrected chi connectivity index (χ4v) is 4.59. The molecule has 0 bridgehead atoms. The van der Waals surface area contributed by atoms with Gasteiger partial charge in [0.2, 0.25) is 11.8 Å². The molecule has 0 radical (unpaired) electrons. The number of hydrogen-bond acceptors (Lipinski definition) is 5. The number of sulfone groups is 1. The summed E-state index contributed by atoms with van der Waals surface area (Å²) in [6, 6.07) is 13.1. The van der Waals surface area contributed by atoms with Crippen molar-refractivity contribution in [3.05, 3.63) is 48.5 Å². The van der Waals surface area contributed by atoms with Crippen LogP contribution in [0.5, 0.6) is 5.75 Å². The first-order valence-electron chi connectivity index (χ1n) is 8.99. The van der Waals surface area contributed by atoms with Crippen LogP contribution in [0.25, 0.3) is 0 Å². The predicted octanol–water partition coefficient (Wildman–Crippen LogP) is 2.62. The summed E-state index contributed by atoms with van der Waals surface area (Å²) < 4.78 is 30.7. The molecule has 1 unspecified atom stereocenters. The quantitative estimate of drug-likeness (QED) is 0.830. The van der Waals surface area contributed by atoms with Crippen molar-refractivity contribution in [3.8, 4) is 5.75 Å². The second-order valence-corrected chi connectivity index (χ2v) is 8.85. The number of benzene rings is 2. The predicted molar refractivity (Wildman–Crippen MR) is 106 cm³/mol. The summed E-state index contributed by atoms with van der Waals surface area (Å²) >= 11 is 0. The van der Waals surface area contributed by atoms with E-state index in [4.69, 9.17) is 4.74 Å². The average molecular weight is 402 g/mol. The van der Waals surface area contributed by atoms with Gasteiger partial charge in [0.15, 0.2) is 9.84 Å². The maximum absolute atomic E-state index is 12.7. The SMILES string of the molecule is CCOc1ccc(NC(=O)CN2C(=O)CC(C)S(=O)(=O)c3ccccc32)cc1. The van der Waals surface area contributed by atoms with Gasteiger partial charge in [-0.15, -0.1) is 0 Å². The van der Waals surface area contributed by atoms with E-state index in [9.17, 15) is 18.0 Å². The third-order valence-corrected chi connectivity index (χ3v) is 6.69. The molecule has 0 fully saturated rings. The molecule has 7 nitrogen and oxygen atoms in total. The van der Waals surface area contributed by atoms with Gasteiger partial charge in [0.1, 0.15) is 12.3 Å². The van der Waals surface area contributed by atoms with Crippen LogP contribution in [0.4, 0.5) is 11.4 Å². The molecule has 1 aliphatic rings. The van der Waals surface area contributed by atoms with Crippen LogP contribution in [0.15, 0.2) is 53.4 Å². The van der Waals surface area contributed by atoms with Gasteiger partial charge in [0.05, 0.1) is 22.4 Å². The third-order valence-electron chi connectivity index (χ3n) is 4.51. The smallest absolute Gasteiger partial charge is 0.244 e. The van der Waals surface area contributed by atoms with Crippen LogP contribution >= 0.6 is 0 Å². The summed E-state index contributed by atoms with van der Waals surface area (Å²) in [5.74, 6) is -0.126. The van der Waals surface area contributed by atoms with E-state index in [0.29, 0.717) is 18.0 Å². The molecule has 8 heteroatoms. The molecule has 2 aromatic rings. The molecular weight excluding hydrogens is 380 g/mol. The zero-order valence-corrected chi connectivity index (χ0v) is 16.5. The van der Waals surface area contributed by atoms with Gasteiger partial charge in [-0.05, 0) is 50.2 Å². The van der Waals surface area contributed by atoms with E-state index in [1.807, 2.05) is 6.92 Å². The highest BCUT2D eigenvalue weighted by Crippen LogP contribution is 2.33. The number of anilines is 2. The highest BCUT2D eigenvalue weighted by Gasteiger charge is 2.36. The van der Waals surface area contributed by atoms with E-state index >= 15 is 0 Å². The van der Waals surface area contributed by atoms with Crippen LogP contribution in [0.2, 0.25) is 0 Å². The Hall–Kier alpha value is -2.87. The Balaban J connectivity index is 1.82. The number of rotatable bonds is 5. The van der Waals surface area contributed by atoms with E-state index < -0.39 is 26.9 Å². The zero-order chi connectivity index (χ0) is 20.3. The standard InChI is InChI=1S/C20H22N2O5S/c1-3-27-16-10-8-15(9-11-16)21-19(23)13-22-17-6-4-5-7-18(17)28(25,26)14(2)12-20(22)24/h4-11,14H,3,12-13H2,1-2H3,(H,21,23). The van der Waals surface area contributed by atoms with Crippen LogP contribution in [-0.4, -0.2) is 38.6 Å². The van der Waals surface area contributed by atoms with Gasteiger partial charge < -0.3 is 15.0 Å². The maximum Gasteiger partial charge on any atom is 0.244 e. The summed E-state index contributed by atoms with van der Waals surface area (Å²) in [6.07, 6.45) is -0.173. The van der Waals surface area contributed by atoms with Crippen molar-refractivity contribution < 1.29 is 22.7 Å². The summed E-state index contributed by atoms with van der Waals surface area (Å²) in [6.45, 7) is 3.66. The Morgan fingerprint density at radius 1 is 1.18 bits per heavy atom. The van der Waals surface area contributed by atoms with Crippen LogP contribution in [0.1, 0.15) is 20.3 Å². The lowest BCUT2D eigenvalue weighted by Crippen LogP contribution is -2.38. The molecule has 2 aromatic carbocycles. The van der Waals surface area contributed by atoms with Crippen LogP contribution in [0.3, 0.4) is 0 Å². The van der Waals surface area contributed by atoms with Crippen LogP contribution in [-0.2, 0) is 19.4 Å². The Morgan fingerprint density at radius 3 is 2.54 bits per heavy atom. The minimum atomic E-state index is -3.64. The number of para-hydroxylation sites is 1. The number of carbonyl (C=O) groups excluding carboxylic acids is 2. The Labute approximate surface area is 164 Å². The molecular formula is C20H22N2O5S. The summed E-state index contributed by atoms with van der Waals surface area (Å²) in [5, 5.41) is 1.88. The lowest BCUT2D eigenvalue weighted by molar-refractivity contribution is -0.121. The second kappa shape index (κ2) is 8.02. The first-order chi connectivity index (χ1) is 13.3. The molecule has 0 saturated heterocycles. The van der Waals surface area contributed by atoms with Gasteiger partial charge in [-0.2, -0.15) is 0 Å².